The molecule has 0 bridgehead atoms. The minimum Gasteiger partial charge on any atom is -0.390 e. The standard InChI is InChI=1S/C25H38N2O2/c1-23(29)10-9-17-16(15-23)5-6-18-19-7-8-20(21(28)22-26-13-14-27(22)4)25(19,3)12-11-24(17,18)2/h13-14,16-20,29H,5-12,15H2,1-4H3/t16-,17+,18+,19+,20-,23-,24-,25+/m1/s1. The summed E-state index contributed by atoms with van der Waals surface area (Å²) in [5, 5.41) is 10.6. The summed E-state index contributed by atoms with van der Waals surface area (Å²) in [5.41, 5.74) is 0.0610. The van der Waals surface area contributed by atoms with Crippen LogP contribution in [0.2, 0.25) is 0 Å². The second-order valence-electron chi connectivity index (χ2n) is 11.8. The number of fused-ring (bicyclic) bond motifs is 5. The van der Waals surface area contributed by atoms with Gasteiger partial charge < -0.3 is 9.67 Å². The van der Waals surface area contributed by atoms with E-state index in [2.05, 4.69) is 18.8 Å². The minimum absolute atomic E-state index is 0.125. The van der Waals surface area contributed by atoms with E-state index in [1.165, 1.54) is 38.5 Å². The molecule has 4 fully saturated rings. The normalized spacial score (nSPS) is 49.2. The molecule has 1 heterocycles. The van der Waals surface area contributed by atoms with Crippen LogP contribution in [0.5, 0.6) is 0 Å². The van der Waals surface area contributed by atoms with Gasteiger partial charge in [-0.25, -0.2) is 4.98 Å². The Balaban J connectivity index is 1.42. The third-order valence-electron chi connectivity index (χ3n) is 10.3. The summed E-state index contributed by atoms with van der Waals surface area (Å²) in [4.78, 5) is 17.8. The number of aryl methyl sites for hydroxylation is 1. The highest BCUT2D eigenvalue weighted by molar-refractivity contribution is 5.95. The largest absolute Gasteiger partial charge is 0.390 e. The Hall–Kier alpha value is -1.16. The molecule has 4 aliphatic rings. The maximum Gasteiger partial charge on any atom is 0.201 e. The van der Waals surface area contributed by atoms with E-state index < -0.39 is 5.60 Å². The number of aromatic nitrogens is 2. The Bertz CT molecular complexity index is 814. The highest BCUT2D eigenvalue weighted by Crippen LogP contribution is 2.69. The van der Waals surface area contributed by atoms with Gasteiger partial charge in [0.1, 0.15) is 0 Å². The topological polar surface area (TPSA) is 55.1 Å². The Morgan fingerprint density at radius 2 is 1.69 bits per heavy atom. The Kier molecular flexibility index (Phi) is 4.38. The first kappa shape index (κ1) is 19.8. The van der Waals surface area contributed by atoms with Crippen LogP contribution in [0.3, 0.4) is 0 Å². The van der Waals surface area contributed by atoms with Crippen molar-refractivity contribution in [1.29, 1.82) is 0 Å². The van der Waals surface area contributed by atoms with Crippen molar-refractivity contribution in [1.82, 2.24) is 9.55 Å². The van der Waals surface area contributed by atoms with Crippen molar-refractivity contribution >= 4 is 5.78 Å². The van der Waals surface area contributed by atoms with Gasteiger partial charge in [-0.1, -0.05) is 13.8 Å². The van der Waals surface area contributed by atoms with Crippen molar-refractivity contribution in [3.8, 4) is 0 Å². The second-order valence-corrected chi connectivity index (χ2v) is 11.8. The minimum atomic E-state index is -0.458. The molecule has 0 saturated heterocycles. The molecule has 8 atom stereocenters. The number of nitrogens with zero attached hydrogens (tertiary/aromatic N) is 2. The molecule has 0 radical (unpaired) electrons. The average molecular weight is 399 g/mol. The summed E-state index contributed by atoms with van der Waals surface area (Å²) in [5.74, 6) is 3.90. The lowest BCUT2D eigenvalue weighted by Crippen LogP contribution is -2.56. The SMILES string of the molecule is Cn1ccnc1C(=O)[C@H]1CC[C@H]2[C@@H]3CC[C@@H]4C[C@](C)(O)CC[C@@H]4[C@@]3(C)CC[C@]12C. The zero-order valence-electron chi connectivity index (χ0n) is 18.7. The monoisotopic (exact) mass is 398 g/mol. The van der Waals surface area contributed by atoms with Crippen LogP contribution in [0, 0.1) is 40.4 Å². The van der Waals surface area contributed by atoms with Crippen molar-refractivity contribution in [2.24, 2.45) is 47.5 Å². The smallest absolute Gasteiger partial charge is 0.201 e. The predicted molar refractivity (Wildman–Crippen MR) is 113 cm³/mol. The van der Waals surface area contributed by atoms with Gasteiger partial charge in [-0.3, -0.25) is 4.79 Å². The Morgan fingerprint density at radius 1 is 1.00 bits per heavy atom. The van der Waals surface area contributed by atoms with Gasteiger partial charge in [-0.15, -0.1) is 0 Å². The van der Waals surface area contributed by atoms with E-state index >= 15 is 0 Å². The molecular formula is C25H38N2O2. The molecule has 0 unspecified atom stereocenters. The summed E-state index contributed by atoms with van der Waals surface area (Å²) in [6.07, 6.45) is 14.0. The number of imidazole rings is 1. The van der Waals surface area contributed by atoms with Crippen LogP contribution < -0.4 is 0 Å². The van der Waals surface area contributed by atoms with Crippen LogP contribution in [-0.2, 0) is 7.05 Å². The van der Waals surface area contributed by atoms with Crippen molar-refractivity contribution in [3.63, 3.8) is 0 Å². The van der Waals surface area contributed by atoms with Crippen LogP contribution in [0.4, 0.5) is 0 Å². The molecule has 4 nitrogen and oxygen atoms in total. The summed E-state index contributed by atoms with van der Waals surface area (Å²) in [7, 11) is 1.94. The first-order valence-electron chi connectivity index (χ1n) is 11.9. The first-order chi connectivity index (χ1) is 13.7. The van der Waals surface area contributed by atoms with Crippen molar-refractivity contribution in [2.45, 2.75) is 84.2 Å². The highest BCUT2D eigenvalue weighted by atomic mass is 16.3. The van der Waals surface area contributed by atoms with E-state index in [9.17, 15) is 9.90 Å². The quantitative estimate of drug-likeness (QED) is 0.712. The number of rotatable bonds is 2. The van der Waals surface area contributed by atoms with E-state index in [-0.39, 0.29) is 17.1 Å². The van der Waals surface area contributed by atoms with Gasteiger partial charge in [0.2, 0.25) is 5.78 Å². The number of Topliss-reactive ketones (excluding diaryl/α,β-unsaturated/α-hetero) is 1. The number of hydrogen-bond donors (Lipinski definition) is 1. The molecule has 1 N–H and O–H groups in total. The highest BCUT2D eigenvalue weighted by Gasteiger charge is 2.63. The second kappa shape index (κ2) is 6.42. The lowest BCUT2D eigenvalue weighted by atomic mass is 9.43. The fraction of sp³-hybridized carbons (Fsp3) is 0.840. The van der Waals surface area contributed by atoms with Crippen LogP contribution in [0.1, 0.15) is 89.2 Å². The lowest BCUT2D eigenvalue weighted by molar-refractivity contribution is -0.145. The number of aliphatic hydroxyl groups is 1. The van der Waals surface area contributed by atoms with Gasteiger partial charge in [-0.2, -0.15) is 0 Å². The average Bonchev–Trinajstić information content (AvgIpc) is 3.23. The van der Waals surface area contributed by atoms with Gasteiger partial charge in [-0.05, 0) is 99.2 Å². The maximum absolute atomic E-state index is 13.4. The Morgan fingerprint density at radius 3 is 2.41 bits per heavy atom. The maximum atomic E-state index is 13.4. The van der Waals surface area contributed by atoms with E-state index in [0.717, 1.165) is 31.1 Å². The third kappa shape index (κ3) is 2.80. The zero-order valence-corrected chi connectivity index (χ0v) is 18.7. The molecule has 4 saturated carbocycles. The van der Waals surface area contributed by atoms with Gasteiger partial charge in [0.25, 0.3) is 0 Å². The molecule has 29 heavy (non-hydrogen) atoms. The number of carbonyl (C=O) groups excluding carboxylic acids is 1. The number of carbonyl (C=O) groups is 1. The molecule has 4 aliphatic carbocycles. The van der Waals surface area contributed by atoms with Crippen LogP contribution in [0.25, 0.3) is 0 Å². The summed E-state index contributed by atoms with van der Waals surface area (Å²) < 4.78 is 1.89. The van der Waals surface area contributed by atoms with Gasteiger partial charge >= 0.3 is 0 Å². The van der Waals surface area contributed by atoms with Gasteiger partial charge in [0.05, 0.1) is 5.60 Å². The van der Waals surface area contributed by atoms with E-state index in [0.29, 0.717) is 23.1 Å². The van der Waals surface area contributed by atoms with Crippen LogP contribution >= 0.6 is 0 Å². The van der Waals surface area contributed by atoms with Crippen LogP contribution in [-0.4, -0.2) is 26.0 Å². The van der Waals surface area contributed by atoms with Crippen LogP contribution in [0.15, 0.2) is 12.4 Å². The van der Waals surface area contributed by atoms with E-state index in [4.69, 9.17) is 0 Å². The molecule has 0 spiro atoms. The summed E-state index contributed by atoms with van der Waals surface area (Å²) in [6.45, 7) is 7.04. The molecule has 1 aromatic rings. The zero-order chi connectivity index (χ0) is 20.6. The fourth-order valence-electron chi connectivity index (χ4n) is 8.73. The molecule has 0 amide bonds. The molecule has 0 aliphatic heterocycles. The predicted octanol–water partition coefficient (Wildman–Crippen LogP) is 5.01. The third-order valence-corrected chi connectivity index (χ3v) is 10.3. The number of hydrogen-bond acceptors (Lipinski definition) is 3. The number of ketones is 1. The van der Waals surface area contributed by atoms with E-state index in [1.54, 1.807) is 6.20 Å². The molecular weight excluding hydrogens is 360 g/mol. The van der Waals surface area contributed by atoms with Crippen molar-refractivity contribution < 1.29 is 9.90 Å². The van der Waals surface area contributed by atoms with Gasteiger partial charge in [0, 0.05) is 25.4 Å². The molecule has 5 rings (SSSR count). The van der Waals surface area contributed by atoms with E-state index in [1.807, 2.05) is 24.7 Å². The van der Waals surface area contributed by atoms with Gasteiger partial charge in [0.15, 0.2) is 5.82 Å². The molecule has 1 aromatic heterocycles. The molecule has 4 heteroatoms. The molecule has 0 aromatic carbocycles. The first-order valence-corrected chi connectivity index (χ1v) is 11.9. The lowest BCUT2D eigenvalue weighted by Gasteiger charge is -2.62. The summed E-state index contributed by atoms with van der Waals surface area (Å²) in [6, 6.07) is 0. The fourth-order valence-corrected chi connectivity index (χ4v) is 8.73. The molecule has 160 valence electrons. The summed E-state index contributed by atoms with van der Waals surface area (Å²) >= 11 is 0. The van der Waals surface area contributed by atoms with Crippen molar-refractivity contribution in [3.05, 3.63) is 18.2 Å². The Labute approximate surface area is 175 Å². The van der Waals surface area contributed by atoms with Crippen molar-refractivity contribution in [2.75, 3.05) is 0 Å².